The molecule has 4 aromatic rings. The van der Waals surface area contributed by atoms with Crippen molar-refractivity contribution in [2.75, 3.05) is 0 Å². The summed E-state index contributed by atoms with van der Waals surface area (Å²) in [6.45, 7) is 17.8. The molecule has 0 atom stereocenters. The quantitative estimate of drug-likeness (QED) is 0.250. The minimum absolute atomic E-state index is 0. The molecule has 0 bridgehead atoms. The SMILES string of the molecule is CC(C)(C)c1[c-]c2c(cc1)-c1ccc(C(C)(C)C)cc1C2.C[C](C)=[Zr+2].[Cl-].[Cl-].c1cc[c-](-c2ccsc2)c1. The minimum atomic E-state index is 0. The van der Waals surface area contributed by atoms with Crippen LogP contribution < -0.4 is 24.8 Å². The molecule has 0 N–H and O–H groups in total. The van der Waals surface area contributed by atoms with Crippen molar-refractivity contribution >= 4 is 14.5 Å². The van der Waals surface area contributed by atoms with Crippen LogP contribution in [0.25, 0.3) is 22.3 Å². The fraction of sp³-hybridized carbons (Fsp3) is 0.333. The Bertz CT molecular complexity index is 1160. The molecule has 0 saturated heterocycles. The molecule has 0 fully saturated rings. The first-order valence-electron chi connectivity index (χ1n) is 12.3. The summed E-state index contributed by atoms with van der Waals surface area (Å²) < 4.78 is 1.51. The average Bonchev–Trinajstić information content (AvgIpc) is 3.51. The second-order valence-corrected chi connectivity index (χ2v) is 14.7. The van der Waals surface area contributed by atoms with Gasteiger partial charge in [0.05, 0.1) is 0 Å². The number of thiophene rings is 1. The van der Waals surface area contributed by atoms with Crippen LogP contribution in [0.2, 0.25) is 0 Å². The minimum Gasteiger partial charge on any atom is -1.00 e. The molecule has 0 amide bonds. The molecule has 0 spiro atoms. The van der Waals surface area contributed by atoms with Gasteiger partial charge < -0.3 is 24.8 Å². The summed E-state index contributed by atoms with van der Waals surface area (Å²) in [7, 11) is 0. The van der Waals surface area contributed by atoms with Crippen LogP contribution in [0.4, 0.5) is 0 Å². The van der Waals surface area contributed by atoms with Gasteiger partial charge >= 0.3 is 41.3 Å². The second kappa shape index (κ2) is 14.3. The monoisotopic (exact) mass is 626 g/mol. The Labute approximate surface area is 256 Å². The van der Waals surface area contributed by atoms with E-state index in [-0.39, 0.29) is 35.6 Å². The third-order valence-corrected chi connectivity index (χ3v) is 6.66. The van der Waals surface area contributed by atoms with Crippen LogP contribution in [0.1, 0.15) is 77.6 Å². The maximum Gasteiger partial charge on any atom is -0.0501 e. The molecule has 1 aliphatic rings. The van der Waals surface area contributed by atoms with E-state index in [0.29, 0.717) is 0 Å². The van der Waals surface area contributed by atoms with E-state index in [2.05, 4.69) is 133 Å². The van der Waals surface area contributed by atoms with E-state index >= 15 is 0 Å². The van der Waals surface area contributed by atoms with Gasteiger partial charge in [0.25, 0.3) is 0 Å². The second-order valence-electron chi connectivity index (χ2n) is 11.5. The van der Waals surface area contributed by atoms with Crippen molar-refractivity contribution in [3.8, 4) is 22.3 Å². The van der Waals surface area contributed by atoms with E-state index in [0.717, 1.165) is 6.42 Å². The van der Waals surface area contributed by atoms with E-state index in [9.17, 15) is 0 Å². The van der Waals surface area contributed by atoms with Crippen LogP contribution in [0, 0.1) is 6.07 Å². The fourth-order valence-electron chi connectivity index (χ4n) is 4.02. The van der Waals surface area contributed by atoms with Gasteiger partial charge in [0, 0.05) is 0 Å². The summed E-state index contributed by atoms with van der Waals surface area (Å²) in [5.74, 6) is 0. The van der Waals surface area contributed by atoms with Gasteiger partial charge in [-0.1, -0.05) is 81.6 Å². The van der Waals surface area contributed by atoms with Crippen molar-refractivity contribution in [1.29, 1.82) is 0 Å². The summed E-state index contributed by atoms with van der Waals surface area (Å²) in [6.07, 6.45) is 1.03. The standard InChI is InChI=1S/C21H25.C9H7S.C3H6.2ClH.Zr/c1-20(2,3)16-7-9-18-14(12-16)11-15-13-17(21(4,5)6)8-10-19(15)18;1-2-4-8(3-1)9-5-6-10-7-9;1-3-2;;;/h7-10,12H,11H2,1-6H3;1-7H;1-2H3;2*1H;/q2*-1;;;;+2/p-2. The Kier molecular flexibility index (Phi) is 13.1. The van der Waals surface area contributed by atoms with E-state index < -0.39 is 0 Å². The molecular weight excluding hydrogens is 591 g/mol. The van der Waals surface area contributed by atoms with Crippen molar-refractivity contribution in [2.45, 2.75) is 72.6 Å². The van der Waals surface area contributed by atoms with Crippen molar-refractivity contribution in [3.63, 3.8) is 0 Å². The van der Waals surface area contributed by atoms with Gasteiger partial charge in [-0.2, -0.15) is 35.9 Å². The van der Waals surface area contributed by atoms with E-state index in [1.165, 1.54) is 47.7 Å². The van der Waals surface area contributed by atoms with Gasteiger partial charge in [0.15, 0.2) is 0 Å². The van der Waals surface area contributed by atoms with Crippen LogP contribution in [-0.2, 0) is 41.5 Å². The Hall–Kier alpha value is -1.18. The Morgan fingerprint density at radius 2 is 1.46 bits per heavy atom. The van der Waals surface area contributed by atoms with E-state index in [1.807, 2.05) is 0 Å². The van der Waals surface area contributed by atoms with Gasteiger partial charge in [-0.3, -0.25) is 0 Å². The maximum absolute atomic E-state index is 3.67. The van der Waals surface area contributed by atoms with Crippen molar-refractivity contribution in [3.05, 3.63) is 99.7 Å². The fourth-order valence-corrected chi connectivity index (χ4v) is 4.69. The molecule has 0 aliphatic heterocycles. The Morgan fingerprint density at radius 1 is 0.865 bits per heavy atom. The number of fused-ring (bicyclic) bond motifs is 3. The Morgan fingerprint density at radius 3 is 1.97 bits per heavy atom. The van der Waals surface area contributed by atoms with Gasteiger partial charge in [-0.05, 0) is 28.4 Å². The molecule has 1 aromatic heterocycles. The molecule has 0 unspecified atom stereocenters. The first-order valence-corrected chi connectivity index (χ1v) is 14.5. The zero-order valence-corrected chi connectivity index (χ0v) is 28.1. The largest absolute Gasteiger partial charge is 1.00 e. The first kappa shape index (κ1) is 33.9. The molecule has 0 radical (unpaired) electrons. The summed E-state index contributed by atoms with van der Waals surface area (Å²) in [5.41, 5.74) is 11.4. The number of hydrogen-bond donors (Lipinski definition) is 0. The predicted molar refractivity (Wildman–Crippen MR) is 153 cm³/mol. The van der Waals surface area contributed by atoms with E-state index in [1.54, 1.807) is 35.6 Å². The van der Waals surface area contributed by atoms with Gasteiger partial charge in [-0.25, -0.2) is 11.3 Å². The summed E-state index contributed by atoms with van der Waals surface area (Å²) in [6, 6.07) is 25.7. The molecule has 1 heterocycles. The third-order valence-electron chi connectivity index (χ3n) is 5.98. The smallest absolute Gasteiger partial charge is 0.0501 e. The Balaban J connectivity index is 0.000000358. The number of rotatable bonds is 1. The third kappa shape index (κ3) is 9.51. The van der Waals surface area contributed by atoms with Gasteiger partial charge in [-0.15, -0.1) is 34.9 Å². The van der Waals surface area contributed by atoms with E-state index in [4.69, 9.17) is 0 Å². The molecule has 196 valence electrons. The van der Waals surface area contributed by atoms with Gasteiger partial charge in [0.1, 0.15) is 0 Å². The first-order chi connectivity index (χ1) is 16.4. The summed E-state index contributed by atoms with van der Waals surface area (Å²) in [4.78, 5) is 0. The van der Waals surface area contributed by atoms with Crippen LogP contribution in [0.15, 0.2) is 71.4 Å². The van der Waals surface area contributed by atoms with Crippen molar-refractivity contribution < 1.29 is 49.0 Å². The van der Waals surface area contributed by atoms with Crippen LogP contribution in [-0.4, -0.2) is 3.21 Å². The predicted octanol–water partition coefficient (Wildman–Crippen LogP) is 3.54. The number of halogens is 2. The molecule has 4 heteroatoms. The summed E-state index contributed by atoms with van der Waals surface area (Å²) >= 11 is 3.29. The molecule has 0 nitrogen and oxygen atoms in total. The normalized spacial score (nSPS) is 11.4. The molecule has 0 saturated carbocycles. The molecule has 3 aromatic carbocycles. The maximum atomic E-state index is 3.67. The summed E-state index contributed by atoms with van der Waals surface area (Å²) in [5, 5.41) is 4.26. The zero-order chi connectivity index (χ0) is 25.8. The van der Waals surface area contributed by atoms with Crippen LogP contribution in [0.5, 0.6) is 0 Å². The number of hydrogen-bond acceptors (Lipinski definition) is 1. The zero-order valence-electron chi connectivity index (χ0n) is 23.3. The molecular formula is C33H38Cl2SZr-2. The molecule has 1 aliphatic carbocycles. The average molecular weight is 629 g/mol. The van der Waals surface area contributed by atoms with Crippen LogP contribution in [0.3, 0.4) is 0 Å². The van der Waals surface area contributed by atoms with Gasteiger partial charge in [0.2, 0.25) is 0 Å². The topological polar surface area (TPSA) is 0 Å². The van der Waals surface area contributed by atoms with Crippen LogP contribution >= 0.6 is 11.3 Å². The van der Waals surface area contributed by atoms with Crippen molar-refractivity contribution in [1.82, 2.24) is 0 Å². The molecule has 5 rings (SSSR count). The number of benzene rings is 2. The molecule has 37 heavy (non-hydrogen) atoms. The van der Waals surface area contributed by atoms with Crippen molar-refractivity contribution in [2.24, 2.45) is 0 Å².